The molecule has 27 heavy (non-hydrogen) atoms. The van der Waals surface area contributed by atoms with E-state index in [1.54, 1.807) is 6.20 Å². The second-order valence-corrected chi connectivity index (χ2v) is 7.10. The third-order valence-corrected chi connectivity index (χ3v) is 5.08. The summed E-state index contributed by atoms with van der Waals surface area (Å²) in [5, 5.41) is 0.666. The standard InChI is InChI=1S/C22H24ClN3O/c1-3-4-8-19-21(16-9-11-17(23)12-10-16)20(22(24)27)15(2)26(19)14-18-7-5-6-13-25-18/h5-7,9-13H,3-4,8,14H2,1-2H3,(H2,24,27). The Morgan fingerprint density at radius 3 is 2.52 bits per heavy atom. The maximum Gasteiger partial charge on any atom is 0.251 e. The van der Waals surface area contributed by atoms with Gasteiger partial charge in [-0.05, 0) is 49.6 Å². The average Bonchev–Trinajstić information content (AvgIpc) is 2.93. The Balaban J connectivity index is 2.21. The molecule has 0 aliphatic heterocycles. The lowest BCUT2D eigenvalue weighted by molar-refractivity contribution is 0.1000. The fraction of sp³-hybridized carbons (Fsp3) is 0.273. The van der Waals surface area contributed by atoms with Gasteiger partial charge in [-0.3, -0.25) is 9.78 Å². The molecular formula is C22H24ClN3O. The molecule has 2 heterocycles. The van der Waals surface area contributed by atoms with Gasteiger partial charge in [-0.25, -0.2) is 0 Å². The molecule has 0 radical (unpaired) electrons. The Labute approximate surface area is 165 Å². The molecule has 0 spiro atoms. The van der Waals surface area contributed by atoms with Crippen LogP contribution in [0.15, 0.2) is 48.7 Å². The third-order valence-electron chi connectivity index (χ3n) is 4.82. The van der Waals surface area contributed by atoms with E-state index in [9.17, 15) is 4.79 Å². The van der Waals surface area contributed by atoms with Crippen molar-refractivity contribution in [1.29, 1.82) is 0 Å². The van der Waals surface area contributed by atoms with Crippen LogP contribution < -0.4 is 5.73 Å². The van der Waals surface area contributed by atoms with Crippen LogP contribution in [0.2, 0.25) is 5.02 Å². The van der Waals surface area contributed by atoms with Gasteiger partial charge in [0.15, 0.2) is 0 Å². The van der Waals surface area contributed by atoms with E-state index < -0.39 is 5.91 Å². The van der Waals surface area contributed by atoms with Gasteiger partial charge < -0.3 is 10.3 Å². The first-order valence-electron chi connectivity index (χ1n) is 9.20. The largest absolute Gasteiger partial charge is 0.366 e. The number of pyridine rings is 1. The van der Waals surface area contributed by atoms with Crippen molar-refractivity contribution in [3.8, 4) is 11.1 Å². The second kappa shape index (κ2) is 8.40. The monoisotopic (exact) mass is 381 g/mol. The highest BCUT2D eigenvalue weighted by atomic mass is 35.5. The fourth-order valence-corrected chi connectivity index (χ4v) is 3.62. The minimum Gasteiger partial charge on any atom is -0.366 e. The van der Waals surface area contributed by atoms with Crippen LogP contribution in [0.5, 0.6) is 0 Å². The summed E-state index contributed by atoms with van der Waals surface area (Å²) in [7, 11) is 0. The van der Waals surface area contributed by atoms with Gasteiger partial charge in [0.1, 0.15) is 0 Å². The summed E-state index contributed by atoms with van der Waals surface area (Å²) in [6, 6.07) is 13.5. The second-order valence-electron chi connectivity index (χ2n) is 6.66. The maximum atomic E-state index is 12.3. The minimum absolute atomic E-state index is 0.407. The van der Waals surface area contributed by atoms with Crippen LogP contribution in [0.25, 0.3) is 11.1 Å². The summed E-state index contributed by atoms with van der Waals surface area (Å²) < 4.78 is 2.18. The maximum absolute atomic E-state index is 12.3. The number of nitrogens with two attached hydrogens (primary N) is 1. The van der Waals surface area contributed by atoms with Crippen molar-refractivity contribution in [3.05, 3.63) is 76.3 Å². The fourth-order valence-electron chi connectivity index (χ4n) is 3.50. The van der Waals surface area contributed by atoms with E-state index in [0.29, 0.717) is 17.1 Å². The van der Waals surface area contributed by atoms with Crippen molar-refractivity contribution in [3.63, 3.8) is 0 Å². The van der Waals surface area contributed by atoms with Crippen LogP contribution in [0.3, 0.4) is 0 Å². The lowest BCUT2D eigenvalue weighted by atomic mass is 9.97. The molecule has 5 heteroatoms. The number of amides is 1. The van der Waals surface area contributed by atoms with E-state index in [2.05, 4.69) is 16.5 Å². The number of halogens is 1. The van der Waals surface area contributed by atoms with E-state index in [4.69, 9.17) is 17.3 Å². The van der Waals surface area contributed by atoms with Gasteiger partial charge in [-0.2, -0.15) is 0 Å². The Morgan fingerprint density at radius 2 is 1.93 bits per heavy atom. The van der Waals surface area contributed by atoms with Gasteiger partial charge >= 0.3 is 0 Å². The summed E-state index contributed by atoms with van der Waals surface area (Å²) in [4.78, 5) is 16.8. The molecule has 0 unspecified atom stereocenters. The quantitative estimate of drug-likeness (QED) is 0.625. The van der Waals surface area contributed by atoms with Crippen LogP contribution in [0, 0.1) is 6.92 Å². The Hall–Kier alpha value is -2.59. The molecule has 4 nitrogen and oxygen atoms in total. The van der Waals surface area contributed by atoms with Crippen LogP contribution in [-0.4, -0.2) is 15.5 Å². The molecule has 0 aliphatic carbocycles. The van der Waals surface area contributed by atoms with Gasteiger partial charge in [0.25, 0.3) is 5.91 Å². The lowest BCUT2D eigenvalue weighted by Gasteiger charge is -2.13. The van der Waals surface area contributed by atoms with Crippen molar-refractivity contribution in [1.82, 2.24) is 9.55 Å². The van der Waals surface area contributed by atoms with Gasteiger partial charge in [0, 0.05) is 28.2 Å². The summed E-state index contributed by atoms with van der Waals surface area (Å²) in [5.74, 6) is -0.407. The predicted molar refractivity (Wildman–Crippen MR) is 110 cm³/mol. The van der Waals surface area contributed by atoms with Crippen molar-refractivity contribution in [2.75, 3.05) is 0 Å². The number of nitrogens with zero attached hydrogens (tertiary/aromatic N) is 2. The third kappa shape index (κ3) is 4.06. The highest BCUT2D eigenvalue weighted by Gasteiger charge is 2.24. The molecule has 3 rings (SSSR count). The normalized spacial score (nSPS) is 10.9. The summed E-state index contributed by atoms with van der Waals surface area (Å²) >= 11 is 6.06. The van der Waals surface area contributed by atoms with Crippen molar-refractivity contribution >= 4 is 17.5 Å². The Kier molecular flexibility index (Phi) is 5.97. The van der Waals surface area contributed by atoms with Crippen molar-refractivity contribution in [2.45, 2.75) is 39.7 Å². The molecule has 140 valence electrons. The Morgan fingerprint density at radius 1 is 1.19 bits per heavy atom. The molecular weight excluding hydrogens is 358 g/mol. The number of carbonyl (C=O) groups is 1. The summed E-state index contributed by atoms with van der Waals surface area (Å²) in [6.45, 7) is 4.73. The van der Waals surface area contributed by atoms with Gasteiger partial charge in [-0.15, -0.1) is 0 Å². The van der Waals surface area contributed by atoms with Crippen molar-refractivity contribution in [2.24, 2.45) is 5.73 Å². The van der Waals surface area contributed by atoms with Crippen LogP contribution >= 0.6 is 11.6 Å². The smallest absolute Gasteiger partial charge is 0.251 e. The van der Waals surface area contributed by atoms with E-state index in [0.717, 1.165) is 47.5 Å². The molecule has 2 aromatic heterocycles. The van der Waals surface area contributed by atoms with E-state index >= 15 is 0 Å². The SMILES string of the molecule is CCCCc1c(-c2ccc(Cl)cc2)c(C(N)=O)c(C)n1Cc1ccccn1. The van der Waals surface area contributed by atoms with Crippen molar-refractivity contribution < 1.29 is 4.79 Å². The number of hydrogen-bond acceptors (Lipinski definition) is 2. The van der Waals surface area contributed by atoms with E-state index in [1.165, 1.54) is 0 Å². The highest BCUT2D eigenvalue weighted by Crippen LogP contribution is 2.34. The summed E-state index contributed by atoms with van der Waals surface area (Å²) in [5.41, 5.74) is 11.2. The van der Waals surface area contributed by atoms with Crippen LogP contribution in [0.4, 0.5) is 0 Å². The molecule has 0 atom stereocenters. The molecule has 1 amide bonds. The first-order valence-corrected chi connectivity index (χ1v) is 9.58. The molecule has 0 bridgehead atoms. The van der Waals surface area contributed by atoms with E-state index in [1.807, 2.05) is 49.4 Å². The zero-order valence-corrected chi connectivity index (χ0v) is 16.5. The minimum atomic E-state index is -0.407. The zero-order chi connectivity index (χ0) is 19.4. The number of benzene rings is 1. The van der Waals surface area contributed by atoms with Gasteiger partial charge in [0.2, 0.25) is 0 Å². The number of unbranched alkanes of at least 4 members (excludes halogenated alkanes) is 1. The molecule has 0 saturated heterocycles. The van der Waals surface area contributed by atoms with E-state index in [-0.39, 0.29) is 0 Å². The average molecular weight is 382 g/mol. The molecule has 0 saturated carbocycles. The molecule has 3 aromatic rings. The topological polar surface area (TPSA) is 60.9 Å². The summed E-state index contributed by atoms with van der Waals surface area (Å²) in [6.07, 6.45) is 4.76. The molecule has 1 aromatic carbocycles. The Bertz CT molecular complexity index is 930. The number of primary amides is 1. The number of rotatable bonds is 7. The van der Waals surface area contributed by atoms with Crippen LogP contribution in [0.1, 0.15) is 47.2 Å². The first kappa shape index (κ1) is 19.2. The number of hydrogen-bond donors (Lipinski definition) is 1. The zero-order valence-electron chi connectivity index (χ0n) is 15.7. The first-order chi connectivity index (χ1) is 13.0. The molecule has 0 fully saturated rings. The predicted octanol–water partition coefficient (Wildman–Crippen LogP) is 5.00. The molecule has 2 N–H and O–H groups in total. The van der Waals surface area contributed by atoms with Gasteiger partial charge in [-0.1, -0.05) is 43.1 Å². The number of aromatic nitrogens is 2. The van der Waals surface area contributed by atoms with Gasteiger partial charge in [0.05, 0.1) is 17.8 Å². The van der Waals surface area contributed by atoms with Crippen LogP contribution in [-0.2, 0) is 13.0 Å². The lowest BCUT2D eigenvalue weighted by Crippen LogP contribution is -2.13. The highest BCUT2D eigenvalue weighted by molar-refractivity contribution is 6.30. The molecule has 0 aliphatic rings. The number of carbonyl (C=O) groups excluding carboxylic acids is 1.